The van der Waals surface area contributed by atoms with Gasteiger partial charge in [-0.05, 0) is 46.6 Å². The van der Waals surface area contributed by atoms with E-state index in [-0.39, 0.29) is 5.54 Å². The number of hydrogen-bond acceptors (Lipinski definition) is 3. The van der Waals surface area contributed by atoms with Gasteiger partial charge in [0.1, 0.15) is 0 Å². The van der Waals surface area contributed by atoms with Gasteiger partial charge >= 0.3 is 0 Å². The molecule has 2 heterocycles. The predicted molar refractivity (Wildman–Crippen MR) is 85.2 cm³/mol. The average molecular weight is 289 g/mol. The minimum absolute atomic E-state index is 0.122. The van der Waals surface area contributed by atoms with Crippen LogP contribution in [0.2, 0.25) is 0 Å². The van der Waals surface area contributed by atoms with E-state index in [1.54, 1.807) is 0 Å². The van der Waals surface area contributed by atoms with Crippen molar-refractivity contribution in [1.82, 2.24) is 24.9 Å². The minimum atomic E-state index is 0.122. The van der Waals surface area contributed by atoms with E-state index in [0.29, 0.717) is 0 Å². The van der Waals surface area contributed by atoms with Crippen LogP contribution in [0.3, 0.4) is 0 Å². The lowest BCUT2D eigenvalue weighted by atomic mass is 10.1. The average Bonchev–Trinajstić information content (AvgIpc) is 2.89. The first-order valence-electron chi connectivity index (χ1n) is 7.52. The van der Waals surface area contributed by atoms with Crippen molar-refractivity contribution in [2.45, 2.75) is 59.7 Å². The highest BCUT2D eigenvalue weighted by molar-refractivity contribution is 5.24. The molecule has 0 aliphatic heterocycles. The second-order valence-electron chi connectivity index (χ2n) is 6.75. The Balaban J connectivity index is 2.04. The Bertz CT molecular complexity index is 601. The Morgan fingerprint density at radius 3 is 2.52 bits per heavy atom. The lowest BCUT2D eigenvalue weighted by molar-refractivity contribution is 0.423. The van der Waals surface area contributed by atoms with Crippen LogP contribution >= 0.6 is 0 Å². The minimum Gasteiger partial charge on any atom is -0.308 e. The SMILES string of the molecule is Cc1nn(CCc2cnn(C)c2)c(C)c1CNC(C)(C)C. The van der Waals surface area contributed by atoms with Crippen molar-refractivity contribution in [3.8, 4) is 0 Å². The van der Waals surface area contributed by atoms with Crippen LogP contribution in [-0.2, 0) is 26.6 Å². The fraction of sp³-hybridized carbons (Fsp3) is 0.625. The number of rotatable bonds is 5. The molecule has 0 fully saturated rings. The van der Waals surface area contributed by atoms with E-state index in [9.17, 15) is 0 Å². The smallest absolute Gasteiger partial charge is 0.0641 e. The van der Waals surface area contributed by atoms with Crippen molar-refractivity contribution in [2.24, 2.45) is 7.05 Å². The first-order chi connectivity index (χ1) is 9.76. The van der Waals surface area contributed by atoms with Crippen LogP contribution in [0.15, 0.2) is 12.4 Å². The number of aromatic nitrogens is 4. The van der Waals surface area contributed by atoms with E-state index in [1.807, 2.05) is 17.9 Å². The summed E-state index contributed by atoms with van der Waals surface area (Å²) in [5.41, 5.74) is 5.07. The van der Waals surface area contributed by atoms with E-state index >= 15 is 0 Å². The molecule has 0 saturated carbocycles. The molecule has 2 aromatic rings. The van der Waals surface area contributed by atoms with E-state index in [1.165, 1.54) is 16.8 Å². The Labute approximate surface area is 127 Å². The fourth-order valence-electron chi connectivity index (χ4n) is 2.40. The molecule has 0 radical (unpaired) electrons. The second kappa shape index (κ2) is 6.02. The predicted octanol–water partition coefficient (Wildman–Crippen LogP) is 2.36. The van der Waals surface area contributed by atoms with Gasteiger partial charge in [-0.15, -0.1) is 0 Å². The van der Waals surface area contributed by atoms with Crippen molar-refractivity contribution in [3.63, 3.8) is 0 Å². The number of aryl methyl sites for hydroxylation is 4. The molecule has 0 unspecified atom stereocenters. The third kappa shape index (κ3) is 4.17. The summed E-state index contributed by atoms with van der Waals surface area (Å²) < 4.78 is 3.96. The number of hydrogen-bond donors (Lipinski definition) is 1. The molecule has 5 heteroatoms. The van der Waals surface area contributed by atoms with Crippen molar-refractivity contribution < 1.29 is 0 Å². The van der Waals surface area contributed by atoms with Crippen molar-refractivity contribution >= 4 is 0 Å². The van der Waals surface area contributed by atoms with Crippen LogP contribution in [0, 0.1) is 13.8 Å². The first kappa shape index (κ1) is 15.8. The maximum Gasteiger partial charge on any atom is 0.0641 e. The van der Waals surface area contributed by atoms with Gasteiger partial charge in [0.25, 0.3) is 0 Å². The number of nitrogens with one attached hydrogen (secondary N) is 1. The molecule has 0 aliphatic rings. The summed E-state index contributed by atoms with van der Waals surface area (Å²) in [4.78, 5) is 0. The van der Waals surface area contributed by atoms with Crippen LogP contribution < -0.4 is 5.32 Å². The number of nitrogens with zero attached hydrogens (tertiary/aromatic N) is 4. The second-order valence-corrected chi connectivity index (χ2v) is 6.75. The van der Waals surface area contributed by atoms with Gasteiger partial charge < -0.3 is 5.32 Å². The molecule has 0 atom stereocenters. The third-order valence-electron chi connectivity index (χ3n) is 3.70. The molecule has 2 rings (SSSR count). The molecule has 0 saturated heterocycles. The molecule has 0 spiro atoms. The van der Waals surface area contributed by atoms with Gasteiger partial charge in [0.15, 0.2) is 0 Å². The molecule has 21 heavy (non-hydrogen) atoms. The molecule has 116 valence electrons. The van der Waals surface area contributed by atoms with Gasteiger partial charge in [0.05, 0.1) is 11.9 Å². The van der Waals surface area contributed by atoms with Crippen molar-refractivity contribution in [2.75, 3.05) is 0 Å². The molecule has 1 N–H and O–H groups in total. The van der Waals surface area contributed by atoms with Crippen LogP contribution in [0.4, 0.5) is 0 Å². The summed E-state index contributed by atoms with van der Waals surface area (Å²) in [5.74, 6) is 0. The molecule has 0 aromatic carbocycles. The van der Waals surface area contributed by atoms with Gasteiger partial charge in [0, 0.05) is 43.1 Å². The third-order valence-corrected chi connectivity index (χ3v) is 3.70. The monoisotopic (exact) mass is 289 g/mol. The van der Waals surface area contributed by atoms with Crippen LogP contribution in [0.25, 0.3) is 0 Å². The lowest BCUT2D eigenvalue weighted by Crippen LogP contribution is -2.35. The summed E-state index contributed by atoms with van der Waals surface area (Å²) in [6.07, 6.45) is 4.95. The first-order valence-corrected chi connectivity index (χ1v) is 7.52. The van der Waals surface area contributed by atoms with E-state index < -0.39 is 0 Å². The van der Waals surface area contributed by atoms with E-state index in [4.69, 9.17) is 0 Å². The maximum atomic E-state index is 4.68. The standard InChI is InChI=1S/C16H27N5/c1-12-15(10-17-16(3,4)5)13(2)21(19-12)8-7-14-9-18-20(6)11-14/h9,11,17H,7-8,10H2,1-6H3. The molecule has 0 amide bonds. The van der Waals surface area contributed by atoms with Gasteiger partial charge in [-0.1, -0.05) is 0 Å². The van der Waals surface area contributed by atoms with E-state index in [2.05, 4.69) is 61.0 Å². The Morgan fingerprint density at radius 2 is 1.95 bits per heavy atom. The summed E-state index contributed by atoms with van der Waals surface area (Å²) in [7, 11) is 1.95. The molecule has 0 aliphatic carbocycles. The van der Waals surface area contributed by atoms with Crippen LogP contribution in [0.5, 0.6) is 0 Å². The lowest BCUT2D eigenvalue weighted by Gasteiger charge is -2.20. The molecule has 2 aromatic heterocycles. The van der Waals surface area contributed by atoms with Gasteiger partial charge in [0.2, 0.25) is 0 Å². The largest absolute Gasteiger partial charge is 0.308 e. The molecule has 0 bridgehead atoms. The van der Waals surface area contributed by atoms with Crippen molar-refractivity contribution in [1.29, 1.82) is 0 Å². The summed E-state index contributed by atoms with van der Waals surface area (Å²) in [5, 5.41) is 12.4. The van der Waals surface area contributed by atoms with E-state index in [0.717, 1.165) is 25.2 Å². The highest BCUT2D eigenvalue weighted by atomic mass is 15.3. The molecule has 5 nitrogen and oxygen atoms in total. The normalized spacial score (nSPS) is 12.1. The summed E-state index contributed by atoms with van der Waals surface area (Å²) >= 11 is 0. The Kier molecular flexibility index (Phi) is 4.52. The zero-order valence-electron chi connectivity index (χ0n) is 14.1. The molecular weight excluding hydrogens is 262 g/mol. The van der Waals surface area contributed by atoms with Gasteiger partial charge in [-0.25, -0.2) is 0 Å². The maximum absolute atomic E-state index is 4.68. The fourth-order valence-corrected chi connectivity index (χ4v) is 2.40. The summed E-state index contributed by atoms with van der Waals surface area (Å²) in [6.45, 7) is 12.6. The van der Waals surface area contributed by atoms with Gasteiger partial charge in [-0.2, -0.15) is 10.2 Å². The van der Waals surface area contributed by atoms with Crippen LogP contribution in [0.1, 0.15) is 43.3 Å². The van der Waals surface area contributed by atoms with Crippen LogP contribution in [-0.4, -0.2) is 25.1 Å². The van der Waals surface area contributed by atoms with Gasteiger partial charge in [-0.3, -0.25) is 9.36 Å². The molecular formula is C16H27N5. The quantitative estimate of drug-likeness (QED) is 0.919. The Morgan fingerprint density at radius 1 is 1.24 bits per heavy atom. The zero-order chi connectivity index (χ0) is 15.6. The zero-order valence-corrected chi connectivity index (χ0v) is 14.1. The highest BCUT2D eigenvalue weighted by Crippen LogP contribution is 2.15. The summed E-state index contributed by atoms with van der Waals surface area (Å²) in [6, 6.07) is 0. The topological polar surface area (TPSA) is 47.7 Å². The van der Waals surface area contributed by atoms with Crippen molar-refractivity contribution in [3.05, 3.63) is 34.9 Å². The Hall–Kier alpha value is -1.62. The highest BCUT2D eigenvalue weighted by Gasteiger charge is 2.15.